The molecular formula is C49H27N6O3Pt-3. The molecule has 9 nitrogen and oxygen atoms in total. The minimum atomic E-state index is 0. The molecule has 0 aliphatic carbocycles. The summed E-state index contributed by atoms with van der Waals surface area (Å²) in [7, 11) is 0. The van der Waals surface area contributed by atoms with Crippen LogP contribution in [0.4, 0.5) is 22.7 Å². The Hall–Kier alpha value is -7.35. The average Bonchev–Trinajstić information content (AvgIpc) is 4.09. The topological polar surface area (TPSA) is 77.1 Å². The van der Waals surface area contributed by atoms with Gasteiger partial charge in [0, 0.05) is 60.8 Å². The Bertz CT molecular complexity index is 3610. The Labute approximate surface area is 350 Å². The minimum absolute atomic E-state index is 0. The number of hydrogen-bond acceptors (Lipinski definition) is 7. The SMILES string of the molecule is [Pt].[c-]1c(N2[CH-]N(c3ccccc3)c3ccccc32)cc2c(oc3c2ccc2oc4ccccc4c23)c1Oc1[c-]c2c(cc1)n1c3ccccc3nc1n2-c1ccccn1. The van der Waals surface area contributed by atoms with E-state index < -0.39 is 0 Å². The zero-order chi connectivity index (χ0) is 37.9. The van der Waals surface area contributed by atoms with E-state index in [9.17, 15) is 0 Å². The number of hydrogen-bond donors (Lipinski definition) is 0. The first kappa shape index (κ1) is 33.8. The maximum atomic E-state index is 6.92. The molecule has 284 valence electrons. The number of fused-ring (bicyclic) bond motifs is 13. The van der Waals surface area contributed by atoms with Crippen LogP contribution in [0.1, 0.15) is 0 Å². The molecule has 5 aromatic heterocycles. The largest absolute Gasteiger partial charge is 0.511 e. The van der Waals surface area contributed by atoms with Crippen LogP contribution in [-0.4, -0.2) is 18.9 Å². The standard InChI is InChI=1S/C49H27N6O3.Pt/c1-2-12-30(13-3-1)52-29-53(39-18-8-7-17-38(39)52)31-26-35-33-22-24-43-46(34-14-4-9-19-42(34)57-43)48(33)58-47(35)44(27-31)56-32-21-23-40-41(28-32)55(45-20-10-11-25-50-45)49-51-36-15-5-6-16-37(36)54(40)49;/h1-26,29H;/q-3;. The van der Waals surface area contributed by atoms with E-state index in [-0.39, 0.29) is 21.1 Å². The van der Waals surface area contributed by atoms with Crippen LogP contribution in [0.2, 0.25) is 0 Å². The second-order valence-corrected chi connectivity index (χ2v) is 14.3. The molecule has 10 heteroatoms. The monoisotopic (exact) mass is 942 g/mol. The number of nitrogens with zero attached hydrogens (tertiary/aromatic N) is 6. The van der Waals surface area contributed by atoms with E-state index in [2.05, 4.69) is 93.7 Å². The number of benzene rings is 7. The molecule has 0 saturated carbocycles. The molecule has 0 atom stereocenters. The zero-order valence-corrected chi connectivity index (χ0v) is 33.1. The van der Waals surface area contributed by atoms with Gasteiger partial charge in [-0.1, -0.05) is 77.8 Å². The van der Waals surface area contributed by atoms with E-state index >= 15 is 0 Å². The number of furan rings is 2. The molecule has 7 aromatic carbocycles. The first-order chi connectivity index (χ1) is 28.7. The Kier molecular flexibility index (Phi) is 7.34. The average molecular weight is 943 g/mol. The predicted octanol–water partition coefficient (Wildman–Crippen LogP) is 12.4. The molecule has 13 rings (SSSR count). The summed E-state index contributed by atoms with van der Waals surface area (Å²) in [5, 5.41) is 3.73. The number of pyridine rings is 1. The van der Waals surface area contributed by atoms with Crippen molar-refractivity contribution in [2.45, 2.75) is 0 Å². The Morgan fingerprint density at radius 2 is 1.41 bits per heavy atom. The third kappa shape index (κ3) is 4.95. The van der Waals surface area contributed by atoms with Crippen molar-refractivity contribution in [1.82, 2.24) is 18.9 Å². The van der Waals surface area contributed by atoms with Gasteiger partial charge in [-0.3, -0.25) is 4.57 Å². The van der Waals surface area contributed by atoms with Gasteiger partial charge in [-0.15, -0.1) is 37.0 Å². The van der Waals surface area contributed by atoms with Gasteiger partial charge < -0.3 is 27.8 Å². The van der Waals surface area contributed by atoms with Crippen LogP contribution < -0.4 is 14.5 Å². The summed E-state index contributed by atoms with van der Waals surface area (Å²) < 4.78 is 24.2. The Morgan fingerprint density at radius 1 is 0.610 bits per heavy atom. The maximum Gasteiger partial charge on any atom is 0.208 e. The summed E-state index contributed by atoms with van der Waals surface area (Å²) in [4.78, 5) is 14.1. The van der Waals surface area contributed by atoms with Crippen LogP contribution in [0.15, 0.2) is 167 Å². The molecular weight excluding hydrogens is 916 g/mol. The zero-order valence-electron chi connectivity index (χ0n) is 30.8. The van der Waals surface area contributed by atoms with Crippen molar-refractivity contribution < 1.29 is 34.6 Å². The van der Waals surface area contributed by atoms with Crippen molar-refractivity contribution in [2.24, 2.45) is 0 Å². The molecule has 0 amide bonds. The summed E-state index contributed by atoms with van der Waals surface area (Å²) in [6.07, 6.45) is 1.78. The summed E-state index contributed by atoms with van der Waals surface area (Å²) in [6, 6.07) is 58.2. The number of aromatic nitrogens is 4. The number of anilines is 4. The van der Waals surface area contributed by atoms with Crippen LogP contribution in [0.5, 0.6) is 11.5 Å². The molecule has 6 heterocycles. The van der Waals surface area contributed by atoms with Crippen LogP contribution >= 0.6 is 0 Å². The third-order valence-electron chi connectivity index (χ3n) is 11.1. The molecule has 0 radical (unpaired) electrons. The van der Waals surface area contributed by atoms with Gasteiger partial charge in [0.15, 0.2) is 0 Å². The third-order valence-corrected chi connectivity index (χ3v) is 11.1. The Morgan fingerprint density at radius 3 is 2.29 bits per heavy atom. The fraction of sp³-hybridized carbons (Fsp3) is 0. The van der Waals surface area contributed by atoms with Crippen molar-refractivity contribution in [3.05, 3.63) is 177 Å². The molecule has 0 unspecified atom stereocenters. The van der Waals surface area contributed by atoms with Gasteiger partial charge in [0.25, 0.3) is 0 Å². The molecule has 0 fully saturated rings. The number of rotatable bonds is 5. The molecule has 12 aromatic rings. The van der Waals surface area contributed by atoms with Crippen molar-refractivity contribution in [3.63, 3.8) is 0 Å². The summed E-state index contributed by atoms with van der Waals surface area (Å²) in [5.74, 6) is 2.37. The van der Waals surface area contributed by atoms with E-state index in [0.717, 1.165) is 94.7 Å². The molecule has 0 N–H and O–H groups in total. The maximum absolute atomic E-state index is 6.92. The van der Waals surface area contributed by atoms with Crippen molar-refractivity contribution in [2.75, 3.05) is 9.80 Å². The summed E-state index contributed by atoms with van der Waals surface area (Å²) in [5.41, 5.74) is 10.3. The molecule has 1 aliphatic rings. The van der Waals surface area contributed by atoms with Crippen LogP contribution in [-0.2, 0) is 21.1 Å². The van der Waals surface area contributed by atoms with Crippen molar-refractivity contribution in [3.8, 4) is 17.3 Å². The molecule has 0 saturated heterocycles. The van der Waals surface area contributed by atoms with Crippen molar-refractivity contribution in [1.29, 1.82) is 0 Å². The van der Waals surface area contributed by atoms with Crippen LogP contribution in [0.25, 0.3) is 77.5 Å². The minimum Gasteiger partial charge on any atom is -0.511 e. The number of ether oxygens (including phenoxy) is 1. The second kappa shape index (κ2) is 12.8. The predicted molar refractivity (Wildman–Crippen MR) is 228 cm³/mol. The van der Waals surface area contributed by atoms with Gasteiger partial charge in [0.05, 0.1) is 27.8 Å². The first-order valence-corrected chi connectivity index (χ1v) is 19.0. The van der Waals surface area contributed by atoms with Crippen molar-refractivity contribution >= 4 is 94.5 Å². The van der Waals surface area contributed by atoms with E-state index in [0.29, 0.717) is 17.1 Å². The van der Waals surface area contributed by atoms with Gasteiger partial charge >= 0.3 is 0 Å². The van der Waals surface area contributed by atoms with Crippen LogP contribution in [0, 0.1) is 18.8 Å². The molecule has 1 aliphatic heterocycles. The van der Waals surface area contributed by atoms with E-state index in [1.165, 1.54) is 0 Å². The second-order valence-electron chi connectivity index (χ2n) is 14.3. The number of para-hydroxylation sites is 6. The van der Waals surface area contributed by atoms with E-state index in [1.807, 2.05) is 95.6 Å². The van der Waals surface area contributed by atoms with Gasteiger partial charge in [0.1, 0.15) is 22.6 Å². The molecule has 0 bridgehead atoms. The smallest absolute Gasteiger partial charge is 0.208 e. The van der Waals surface area contributed by atoms with Crippen LogP contribution in [0.3, 0.4) is 0 Å². The number of imidazole rings is 2. The summed E-state index contributed by atoms with van der Waals surface area (Å²) >= 11 is 0. The van der Waals surface area contributed by atoms with Gasteiger partial charge in [-0.25, -0.2) is 9.97 Å². The van der Waals surface area contributed by atoms with Gasteiger partial charge in [0.2, 0.25) is 5.78 Å². The van der Waals surface area contributed by atoms with Gasteiger partial charge in [-0.05, 0) is 77.8 Å². The fourth-order valence-electron chi connectivity index (χ4n) is 8.52. The molecule has 59 heavy (non-hydrogen) atoms. The summed E-state index contributed by atoms with van der Waals surface area (Å²) in [6.45, 7) is 2.10. The first-order valence-electron chi connectivity index (χ1n) is 19.0. The normalized spacial score (nSPS) is 12.8. The quantitative estimate of drug-likeness (QED) is 0.159. The fourth-order valence-corrected chi connectivity index (χ4v) is 8.52. The van der Waals surface area contributed by atoms with E-state index in [4.69, 9.17) is 23.5 Å². The van der Waals surface area contributed by atoms with E-state index in [1.54, 1.807) is 6.20 Å². The Balaban J connectivity index is 0.00000377. The molecule has 0 spiro atoms. The van der Waals surface area contributed by atoms with Gasteiger partial charge in [-0.2, -0.15) is 0 Å².